The minimum absolute atomic E-state index is 0.0679. The number of likely N-dealkylation sites (tertiary alicyclic amines) is 1. The average Bonchev–Trinajstić information content (AvgIpc) is 3.26. The van der Waals surface area contributed by atoms with Gasteiger partial charge in [-0.25, -0.2) is 0 Å². The third-order valence-corrected chi connectivity index (χ3v) is 6.82. The van der Waals surface area contributed by atoms with Crippen LogP contribution in [0.15, 0.2) is 42.5 Å². The number of piperidine rings is 1. The van der Waals surface area contributed by atoms with Crippen LogP contribution >= 0.6 is 0 Å². The molecular weight excluding hydrogens is 352 g/mol. The highest BCUT2D eigenvalue weighted by Gasteiger charge is 2.45. The molecule has 1 amide bonds. The lowest BCUT2D eigenvalue weighted by molar-refractivity contribution is -0.134. The van der Waals surface area contributed by atoms with Crippen molar-refractivity contribution >= 4 is 11.6 Å². The summed E-state index contributed by atoms with van der Waals surface area (Å²) >= 11 is 0. The predicted octanol–water partition coefficient (Wildman–Crippen LogP) is 3.55. The smallest absolute Gasteiger partial charge is 0.245 e. The Morgan fingerprint density at radius 2 is 2.00 bits per heavy atom. The molecular formula is C23H26N2O3. The Morgan fingerprint density at radius 3 is 2.79 bits per heavy atom. The number of hydrogen-bond acceptors (Lipinski definition) is 4. The standard InChI is InChI=1S/C23H26N2O3/c1-15-17-13-16(27-2)7-8-19(17)24-21(15)22(26)25-11-9-23(10-12-25)14-28-20-6-4-3-5-18(20)23/h3-8,13,15,21,24H,9-12,14H2,1-2H3. The number of methoxy groups -OCH3 is 1. The van der Waals surface area contributed by atoms with Gasteiger partial charge in [0.2, 0.25) is 5.91 Å². The number of hydrogen-bond donors (Lipinski definition) is 1. The molecule has 2 aromatic rings. The summed E-state index contributed by atoms with van der Waals surface area (Å²) in [5, 5.41) is 3.44. The van der Waals surface area contributed by atoms with Crippen molar-refractivity contribution in [3.8, 4) is 11.5 Å². The molecule has 1 spiro atoms. The molecule has 0 radical (unpaired) electrons. The molecule has 2 unspecified atom stereocenters. The van der Waals surface area contributed by atoms with Gasteiger partial charge in [-0.05, 0) is 42.7 Å². The van der Waals surface area contributed by atoms with Crippen molar-refractivity contribution in [3.05, 3.63) is 53.6 Å². The molecule has 28 heavy (non-hydrogen) atoms. The van der Waals surface area contributed by atoms with E-state index in [1.54, 1.807) is 7.11 Å². The Morgan fingerprint density at radius 1 is 1.21 bits per heavy atom. The zero-order valence-electron chi connectivity index (χ0n) is 16.4. The van der Waals surface area contributed by atoms with E-state index >= 15 is 0 Å². The SMILES string of the molecule is COc1ccc2c(c1)C(C)C(C(=O)N1CCC3(CC1)COc1ccccc13)N2. The summed E-state index contributed by atoms with van der Waals surface area (Å²) in [7, 11) is 1.67. The van der Waals surface area contributed by atoms with E-state index in [1.165, 1.54) is 5.56 Å². The van der Waals surface area contributed by atoms with Crippen LogP contribution in [-0.2, 0) is 10.2 Å². The first-order chi connectivity index (χ1) is 13.6. The molecule has 0 aliphatic carbocycles. The number of fused-ring (bicyclic) bond motifs is 3. The van der Waals surface area contributed by atoms with Crippen LogP contribution in [-0.4, -0.2) is 43.7 Å². The Hall–Kier alpha value is -2.69. The van der Waals surface area contributed by atoms with Gasteiger partial charge in [0.1, 0.15) is 17.5 Å². The number of benzene rings is 2. The monoisotopic (exact) mass is 378 g/mol. The highest BCUT2D eigenvalue weighted by Crippen LogP contribution is 2.46. The van der Waals surface area contributed by atoms with Gasteiger partial charge in [0, 0.05) is 35.7 Å². The molecule has 2 atom stereocenters. The Labute approximate surface area is 165 Å². The summed E-state index contributed by atoms with van der Waals surface area (Å²) in [6.45, 7) is 4.41. The highest BCUT2D eigenvalue weighted by atomic mass is 16.5. The summed E-state index contributed by atoms with van der Waals surface area (Å²) in [6.07, 6.45) is 1.91. The molecule has 1 N–H and O–H groups in total. The molecule has 0 saturated carbocycles. The first kappa shape index (κ1) is 17.4. The number of nitrogens with zero attached hydrogens (tertiary/aromatic N) is 1. The second-order valence-electron chi connectivity index (χ2n) is 8.25. The van der Waals surface area contributed by atoms with E-state index in [4.69, 9.17) is 9.47 Å². The Bertz CT molecular complexity index is 918. The molecule has 2 aromatic carbocycles. The van der Waals surface area contributed by atoms with E-state index in [2.05, 4.69) is 30.4 Å². The van der Waals surface area contributed by atoms with Crippen LogP contribution in [0.5, 0.6) is 11.5 Å². The number of nitrogens with one attached hydrogen (secondary N) is 1. The lowest BCUT2D eigenvalue weighted by Crippen LogP contribution is -2.50. The van der Waals surface area contributed by atoms with Crippen molar-refractivity contribution in [1.82, 2.24) is 4.90 Å². The molecule has 3 aliphatic rings. The van der Waals surface area contributed by atoms with Crippen LogP contribution in [0.2, 0.25) is 0 Å². The predicted molar refractivity (Wildman–Crippen MR) is 108 cm³/mol. The zero-order chi connectivity index (χ0) is 19.3. The van der Waals surface area contributed by atoms with Gasteiger partial charge < -0.3 is 19.7 Å². The van der Waals surface area contributed by atoms with E-state index < -0.39 is 0 Å². The third-order valence-electron chi connectivity index (χ3n) is 6.82. The maximum Gasteiger partial charge on any atom is 0.245 e. The van der Waals surface area contributed by atoms with Crippen LogP contribution in [0.1, 0.15) is 36.8 Å². The molecule has 5 nitrogen and oxygen atoms in total. The van der Waals surface area contributed by atoms with E-state index in [1.807, 2.05) is 29.2 Å². The van der Waals surface area contributed by atoms with Gasteiger partial charge in [-0.3, -0.25) is 4.79 Å². The minimum Gasteiger partial charge on any atom is -0.497 e. The van der Waals surface area contributed by atoms with Gasteiger partial charge in [0.25, 0.3) is 0 Å². The van der Waals surface area contributed by atoms with Gasteiger partial charge in [-0.1, -0.05) is 25.1 Å². The minimum atomic E-state index is -0.205. The summed E-state index contributed by atoms with van der Waals surface area (Å²) in [5.41, 5.74) is 3.58. The number of anilines is 1. The zero-order valence-corrected chi connectivity index (χ0v) is 16.4. The number of rotatable bonds is 2. The molecule has 3 aliphatic heterocycles. The fourth-order valence-electron chi connectivity index (χ4n) is 5.01. The first-order valence-electron chi connectivity index (χ1n) is 10.1. The first-order valence-corrected chi connectivity index (χ1v) is 10.1. The van der Waals surface area contributed by atoms with Crippen LogP contribution in [0.3, 0.4) is 0 Å². The van der Waals surface area contributed by atoms with Crippen molar-refractivity contribution in [3.63, 3.8) is 0 Å². The summed E-state index contributed by atoms with van der Waals surface area (Å²) < 4.78 is 11.3. The summed E-state index contributed by atoms with van der Waals surface area (Å²) in [4.78, 5) is 15.3. The number of para-hydroxylation sites is 1. The molecule has 146 valence electrons. The fourth-order valence-corrected chi connectivity index (χ4v) is 5.01. The number of amides is 1. The molecule has 5 rings (SSSR count). The van der Waals surface area contributed by atoms with Gasteiger partial charge in [0.05, 0.1) is 13.7 Å². The van der Waals surface area contributed by atoms with Crippen molar-refractivity contribution in [1.29, 1.82) is 0 Å². The van der Waals surface area contributed by atoms with Gasteiger partial charge in [0.15, 0.2) is 0 Å². The Balaban J connectivity index is 1.30. The normalized spacial score (nSPS) is 24.3. The topological polar surface area (TPSA) is 50.8 Å². The second kappa shape index (κ2) is 6.43. The van der Waals surface area contributed by atoms with Crippen LogP contribution in [0.4, 0.5) is 5.69 Å². The van der Waals surface area contributed by atoms with Crippen LogP contribution in [0.25, 0.3) is 0 Å². The second-order valence-corrected chi connectivity index (χ2v) is 8.25. The lowest BCUT2D eigenvalue weighted by atomic mass is 9.74. The molecule has 1 fully saturated rings. The van der Waals surface area contributed by atoms with Gasteiger partial charge >= 0.3 is 0 Å². The maximum absolute atomic E-state index is 13.3. The van der Waals surface area contributed by atoms with Crippen molar-refractivity contribution in [2.24, 2.45) is 0 Å². The van der Waals surface area contributed by atoms with Crippen LogP contribution < -0.4 is 14.8 Å². The van der Waals surface area contributed by atoms with Crippen molar-refractivity contribution in [2.75, 3.05) is 32.1 Å². The molecule has 1 saturated heterocycles. The highest BCUT2D eigenvalue weighted by molar-refractivity contribution is 5.89. The van der Waals surface area contributed by atoms with E-state index in [0.29, 0.717) is 0 Å². The van der Waals surface area contributed by atoms with E-state index in [0.717, 1.165) is 55.3 Å². The lowest BCUT2D eigenvalue weighted by Gasteiger charge is -2.39. The summed E-state index contributed by atoms with van der Waals surface area (Å²) in [5.74, 6) is 2.17. The Kier molecular flexibility index (Phi) is 4.00. The largest absolute Gasteiger partial charge is 0.497 e. The third kappa shape index (κ3) is 2.56. The number of ether oxygens (including phenoxy) is 2. The van der Waals surface area contributed by atoms with Crippen LogP contribution in [0, 0.1) is 0 Å². The number of carbonyl (C=O) groups excluding carboxylic acids is 1. The maximum atomic E-state index is 13.3. The van der Waals surface area contributed by atoms with E-state index in [9.17, 15) is 4.79 Å². The van der Waals surface area contributed by atoms with E-state index in [-0.39, 0.29) is 23.3 Å². The van der Waals surface area contributed by atoms with Gasteiger partial charge in [-0.15, -0.1) is 0 Å². The molecule has 5 heteroatoms. The fraction of sp³-hybridized carbons (Fsp3) is 0.435. The number of carbonyl (C=O) groups is 1. The van der Waals surface area contributed by atoms with Crippen molar-refractivity contribution < 1.29 is 14.3 Å². The molecule has 3 heterocycles. The quantitative estimate of drug-likeness (QED) is 0.868. The molecule has 0 bridgehead atoms. The summed E-state index contributed by atoms with van der Waals surface area (Å²) in [6, 6.07) is 14.1. The molecule has 0 aromatic heterocycles. The van der Waals surface area contributed by atoms with Gasteiger partial charge in [-0.2, -0.15) is 0 Å². The van der Waals surface area contributed by atoms with Crippen molar-refractivity contribution in [2.45, 2.75) is 37.1 Å². The average molecular weight is 378 g/mol.